The van der Waals surface area contributed by atoms with Gasteiger partial charge in [0.2, 0.25) is 0 Å². The fraction of sp³-hybridized carbons (Fsp3) is 0.0870. The summed E-state index contributed by atoms with van der Waals surface area (Å²) in [7, 11) is 0. The third-order valence-corrected chi connectivity index (χ3v) is 5.37. The third kappa shape index (κ3) is 6.77. The zero-order valence-corrected chi connectivity index (χ0v) is 19.7. The predicted octanol–water partition coefficient (Wildman–Crippen LogP) is 5.30. The maximum atomic E-state index is 12.1. The lowest BCUT2D eigenvalue weighted by atomic mass is 10.2. The van der Waals surface area contributed by atoms with Crippen molar-refractivity contribution in [3.8, 4) is 5.75 Å². The van der Waals surface area contributed by atoms with Gasteiger partial charge in [0.1, 0.15) is 5.75 Å². The van der Waals surface area contributed by atoms with Crippen molar-refractivity contribution >= 4 is 55.6 Å². The highest BCUT2D eigenvalue weighted by atomic mass is 79.9. The minimum Gasteiger partial charge on any atom is -0.483 e. The number of hydrogen-bond donors (Lipinski definition) is 2. The highest BCUT2D eigenvalue weighted by Gasteiger charge is 2.08. The van der Waals surface area contributed by atoms with Crippen LogP contribution >= 0.6 is 31.9 Å². The maximum Gasteiger partial charge on any atom is 0.271 e. The molecule has 0 radical (unpaired) electrons. The number of nitrogens with one attached hydrogen (secondary N) is 2. The average Bonchev–Trinajstić information content (AvgIpc) is 2.75. The Morgan fingerprint density at radius 2 is 1.77 bits per heavy atom. The Morgan fingerprint density at radius 3 is 2.48 bits per heavy atom. The molecule has 158 valence electrons. The standard InChI is InChI=1S/C23H19Br2N3O3/c1-15-4-2-3-5-20(15)27-22(29)14-31-21-11-6-16(12-19(21)25)13-26-28-23(30)17-7-9-18(24)10-8-17/h2-13H,14H2,1H3,(H,27,29)(H,28,30)/b26-13+. The quantitative estimate of drug-likeness (QED) is 0.313. The van der Waals surface area contributed by atoms with E-state index in [1.807, 2.05) is 31.2 Å². The van der Waals surface area contributed by atoms with Crippen LogP contribution in [0.4, 0.5) is 5.69 Å². The van der Waals surface area contributed by atoms with Crippen molar-refractivity contribution in [3.63, 3.8) is 0 Å². The number of ether oxygens (including phenoxy) is 1. The number of nitrogens with zero attached hydrogens (tertiary/aromatic N) is 1. The molecule has 0 spiro atoms. The lowest BCUT2D eigenvalue weighted by Gasteiger charge is -2.10. The van der Waals surface area contributed by atoms with Gasteiger partial charge >= 0.3 is 0 Å². The number of anilines is 1. The molecule has 0 aliphatic heterocycles. The number of halogens is 2. The van der Waals surface area contributed by atoms with Gasteiger partial charge in [-0.2, -0.15) is 5.10 Å². The molecule has 0 aromatic heterocycles. The summed E-state index contributed by atoms with van der Waals surface area (Å²) in [6, 6.07) is 19.8. The van der Waals surface area contributed by atoms with Crippen LogP contribution in [0.25, 0.3) is 0 Å². The lowest BCUT2D eigenvalue weighted by molar-refractivity contribution is -0.118. The van der Waals surface area contributed by atoms with E-state index in [2.05, 4.69) is 47.7 Å². The summed E-state index contributed by atoms with van der Waals surface area (Å²) in [5.41, 5.74) is 5.48. The lowest BCUT2D eigenvalue weighted by Crippen LogP contribution is -2.20. The van der Waals surface area contributed by atoms with E-state index in [9.17, 15) is 9.59 Å². The van der Waals surface area contributed by atoms with Gasteiger partial charge in [0.25, 0.3) is 11.8 Å². The molecule has 2 N–H and O–H groups in total. The smallest absolute Gasteiger partial charge is 0.271 e. The summed E-state index contributed by atoms with van der Waals surface area (Å²) in [5, 5.41) is 6.80. The first-order valence-electron chi connectivity index (χ1n) is 9.29. The second-order valence-electron chi connectivity index (χ2n) is 6.55. The van der Waals surface area contributed by atoms with Gasteiger partial charge in [0.15, 0.2) is 6.61 Å². The first-order valence-corrected chi connectivity index (χ1v) is 10.9. The highest BCUT2D eigenvalue weighted by Crippen LogP contribution is 2.25. The van der Waals surface area contributed by atoms with E-state index in [-0.39, 0.29) is 18.4 Å². The number of benzene rings is 3. The van der Waals surface area contributed by atoms with Crippen LogP contribution in [0.15, 0.2) is 80.8 Å². The van der Waals surface area contributed by atoms with Gasteiger partial charge in [-0.05, 0) is 82.5 Å². The first kappa shape index (κ1) is 22.7. The Morgan fingerprint density at radius 1 is 1.03 bits per heavy atom. The fourth-order valence-corrected chi connectivity index (χ4v) is 3.36. The SMILES string of the molecule is Cc1ccccc1NC(=O)COc1ccc(/C=N/NC(=O)c2ccc(Br)cc2)cc1Br. The second kappa shape index (κ2) is 10.9. The van der Waals surface area contributed by atoms with E-state index in [0.717, 1.165) is 21.3 Å². The molecule has 0 aliphatic rings. The third-order valence-electron chi connectivity index (χ3n) is 4.22. The van der Waals surface area contributed by atoms with Crippen LogP contribution in [0.1, 0.15) is 21.5 Å². The van der Waals surface area contributed by atoms with Gasteiger partial charge in [-0.3, -0.25) is 9.59 Å². The van der Waals surface area contributed by atoms with Crippen molar-refractivity contribution in [2.75, 3.05) is 11.9 Å². The zero-order valence-electron chi connectivity index (χ0n) is 16.6. The number of hydrogen-bond acceptors (Lipinski definition) is 4. The van der Waals surface area contributed by atoms with E-state index in [1.165, 1.54) is 6.21 Å². The number of carbonyl (C=O) groups excluding carboxylic acids is 2. The molecule has 0 aliphatic carbocycles. The van der Waals surface area contributed by atoms with E-state index in [1.54, 1.807) is 42.5 Å². The van der Waals surface area contributed by atoms with Crippen LogP contribution in [0, 0.1) is 6.92 Å². The summed E-state index contributed by atoms with van der Waals surface area (Å²) >= 11 is 6.76. The topological polar surface area (TPSA) is 79.8 Å². The van der Waals surface area contributed by atoms with E-state index in [0.29, 0.717) is 15.8 Å². The Kier molecular flexibility index (Phi) is 7.97. The van der Waals surface area contributed by atoms with Crippen molar-refractivity contribution in [2.45, 2.75) is 6.92 Å². The Hall–Kier alpha value is -2.97. The number of amides is 2. The summed E-state index contributed by atoms with van der Waals surface area (Å²) in [4.78, 5) is 24.2. The van der Waals surface area contributed by atoms with Crippen LogP contribution in [-0.2, 0) is 4.79 Å². The summed E-state index contributed by atoms with van der Waals surface area (Å²) < 4.78 is 7.16. The monoisotopic (exact) mass is 543 g/mol. The van der Waals surface area contributed by atoms with Crippen LogP contribution in [-0.4, -0.2) is 24.6 Å². The van der Waals surface area contributed by atoms with Gasteiger partial charge in [-0.1, -0.05) is 34.1 Å². The molecule has 3 aromatic rings. The molecule has 31 heavy (non-hydrogen) atoms. The molecule has 3 rings (SSSR count). The summed E-state index contributed by atoms with van der Waals surface area (Å²) in [6.45, 7) is 1.80. The fourth-order valence-electron chi connectivity index (χ4n) is 2.59. The minimum atomic E-state index is -0.303. The largest absolute Gasteiger partial charge is 0.483 e. The average molecular weight is 545 g/mol. The zero-order chi connectivity index (χ0) is 22.2. The van der Waals surface area contributed by atoms with Crippen LogP contribution in [0.2, 0.25) is 0 Å². The highest BCUT2D eigenvalue weighted by molar-refractivity contribution is 9.10. The number of para-hydroxylation sites is 1. The van der Waals surface area contributed by atoms with Crippen molar-refractivity contribution in [1.82, 2.24) is 5.43 Å². The van der Waals surface area contributed by atoms with E-state index < -0.39 is 0 Å². The van der Waals surface area contributed by atoms with Crippen molar-refractivity contribution < 1.29 is 14.3 Å². The molecule has 6 nitrogen and oxygen atoms in total. The molecule has 0 saturated carbocycles. The first-order chi connectivity index (χ1) is 14.9. The summed E-state index contributed by atoms with van der Waals surface area (Å²) in [5.74, 6) is -0.0269. The van der Waals surface area contributed by atoms with Crippen LogP contribution in [0.3, 0.4) is 0 Å². The summed E-state index contributed by atoms with van der Waals surface area (Å²) in [6.07, 6.45) is 1.52. The number of hydrazone groups is 1. The Labute approximate surface area is 197 Å². The predicted molar refractivity (Wildman–Crippen MR) is 129 cm³/mol. The minimum absolute atomic E-state index is 0.121. The van der Waals surface area contributed by atoms with Crippen LogP contribution in [0.5, 0.6) is 5.75 Å². The molecular weight excluding hydrogens is 526 g/mol. The maximum absolute atomic E-state index is 12.1. The Bertz CT molecular complexity index is 1120. The molecule has 0 bridgehead atoms. The van der Waals surface area contributed by atoms with Gasteiger partial charge < -0.3 is 10.1 Å². The molecule has 8 heteroatoms. The van der Waals surface area contributed by atoms with Gasteiger partial charge in [-0.15, -0.1) is 0 Å². The molecule has 0 heterocycles. The normalized spacial score (nSPS) is 10.7. The molecule has 0 unspecified atom stereocenters. The Balaban J connectivity index is 1.52. The van der Waals surface area contributed by atoms with Crippen molar-refractivity contribution in [2.24, 2.45) is 5.10 Å². The molecule has 2 amide bonds. The van der Waals surface area contributed by atoms with Gasteiger partial charge in [0, 0.05) is 15.7 Å². The van der Waals surface area contributed by atoms with E-state index in [4.69, 9.17) is 4.74 Å². The molecule has 3 aromatic carbocycles. The number of aryl methyl sites for hydroxylation is 1. The molecule has 0 fully saturated rings. The van der Waals surface area contributed by atoms with Crippen LogP contribution < -0.4 is 15.5 Å². The van der Waals surface area contributed by atoms with Crippen molar-refractivity contribution in [1.29, 1.82) is 0 Å². The second-order valence-corrected chi connectivity index (χ2v) is 8.32. The molecule has 0 saturated heterocycles. The van der Waals surface area contributed by atoms with Gasteiger partial charge in [0.05, 0.1) is 10.7 Å². The number of rotatable bonds is 7. The molecule has 0 atom stereocenters. The van der Waals surface area contributed by atoms with Crippen molar-refractivity contribution in [3.05, 3.63) is 92.4 Å². The number of carbonyl (C=O) groups is 2. The van der Waals surface area contributed by atoms with Gasteiger partial charge in [-0.25, -0.2) is 5.43 Å². The molecular formula is C23H19Br2N3O3. The van der Waals surface area contributed by atoms with E-state index >= 15 is 0 Å².